The second-order valence-corrected chi connectivity index (χ2v) is 9.27. The highest BCUT2D eigenvalue weighted by Crippen LogP contribution is 2.34. The van der Waals surface area contributed by atoms with Crippen LogP contribution in [0.3, 0.4) is 0 Å². The Morgan fingerprint density at radius 1 is 1.10 bits per heavy atom. The highest BCUT2D eigenvalue weighted by molar-refractivity contribution is 7.98. The Kier molecular flexibility index (Phi) is 5.41. The molecule has 0 unspecified atom stereocenters. The van der Waals surface area contributed by atoms with Gasteiger partial charge < -0.3 is 14.8 Å². The first kappa shape index (κ1) is 20.3. The number of hydrogen-bond acceptors (Lipinski definition) is 6. The van der Waals surface area contributed by atoms with Gasteiger partial charge in [-0.3, -0.25) is 9.62 Å². The van der Waals surface area contributed by atoms with Gasteiger partial charge in [-0.15, -0.1) is 11.8 Å². The van der Waals surface area contributed by atoms with E-state index in [2.05, 4.69) is 14.9 Å². The van der Waals surface area contributed by atoms with Crippen LogP contribution in [-0.4, -0.2) is 18.6 Å². The minimum atomic E-state index is -4.00. The van der Waals surface area contributed by atoms with Gasteiger partial charge in [-0.05, 0) is 24.3 Å². The van der Waals surface area contributed by atoms with E-state index in [4.69, 9.17) is 16.0 Å². The minimum Gasteiger partial charge on any atom is -0.712 e. The number of para-hydroxylation sites is 1. The summed E-state index contributed by atoms with van der Waals surface area (Å²) < 4.78 is 33.7. The van der Waals surface area contributed by atoms with Crippen molar-refractivity contribution >= 4 is 50.0 Å². The lowest BCUT2D eigenvalue weighted by molar-refractivity contribution is 0.484. The van der Waals surface area contributed by atoms with Crippen LogP contribution < -0.4 is 15.1 Å². The van der Waals surface area contributed by atoms with E-state index in [1.165, 1.54) is 30.0 Å². The Balaban J connectivity index is 1.60. The van der Waals surface area contributed by atoms with Gasteiger partial charge in [-0.25, -0.2) is 5.10 Å². The number of H-pyrrole nitrogens is 2. The molecule has 0 aliphatic heterocycles. The number of hydrogen-bond donors (Lipinski definition) is 3. The van der Waals surface area contributed by atoms with Crippen molar-refractivity contribution in [2.75, 3.05) is 4.72 Å². The van der Waals surface area contributed by atoms with E-state index in [0.717, 1.165) is 0 Å². The number of rotatable bonds is 6. The van der Waals surface area contributed by atoms with Crippen LogP contribution in [0.1, 0.15) is 5.69 Å². The summed E-state index contributed by atoms with van der Waals surface area (Å²) >= 11 is 7.34. The highest BCUT2D eigenvalue weighted by Gasteiger charge is 2.21. The van der Waals surface area contributed by atoms with Crippen LogP contribution in [-0.2, 0) is 15.8 Å². The molecule has 0 atom stereocenters. The van der Waals surface area contributed by atoms with Crippen molar-refractivity contribution in [2.45, 2.75) is 15.7 Å². The third-order valence-electron chi connectivity index (χ3n) is 4.10. The predicted octanol–water partition coefficient (Wildman–Crippen LogP) is 3.60. The van der Waals surface area contributed by atoms with Gasteiger partial charge in [0, 0.05) is 27.1 Å². The van der Waals surface area contributed by atoms with Gasteiger partial charge in [0.2, 0.25) is 5.09 Å². The fourth-order valence-electron chi connectivity index (χ4n) is 2.71. The van der Waals surface area contributed by atoms with E-state index in [9.17, 15) is 18.8 Å². The molecule has 2 aromatic carbocycles. The molecule has 156 valence electrons. The number of nitrogens with zero attached hydrogens (tertiary/aromatic N) is 1. The van der Waals surface area contributed by atoms with E-state index in [-0.39, 0.29) is 16.3 Å². The van der Waals surface area contributed by atoms with Crippen molar-refractivity contribution in [3.05, 3.63) is 81.2 Å². The second kappa shape index (κ2) is 8.01. The fraction of sp³-hybridized carbons (Fsp3) is 0.0556. The number of nitrogens with one attached hydrogen (secondary N) is 3. The van der Waals surface area contributed by atoms with Crippen molar-refractivity contribution in [1.29, 1.82) is 0 Å². The monoisotopic (exact) mass is 465 g/mol. The van der Waals surface area contributed by atoms with E-state index in [0.29, 0.717) is 32.3 Å². The van der Waals surface area contributed by atoms with Crippen LogP contribution in [0.25, 0.3) is 11.0 Å². The number of furan rings is 1. The van der Waals surface area contributed by atoms with Gasteiger partial charge in [0.05, 0.1) is 17.4 Å². The number of thioether (sulfide) groups is 1. The summed E-state index contributed by atoms with van der Waals surface area (Å²) in [7, 11) is -4.00. The highest BCUT2D eigenvalue weighted by atomic mass is 35.5. The predicted molar refractivity (Wildman–Crippen MR) is 115 cm³/mol. The molecular formula is C18H14ClN4O5S2-. The van der Waals surface area contributed by atoms with Gasteiger partial charge in [0.15, 0.2) is 0 Å². The maximum Gasteiger partial charge on any atom is 0.301 e. The molecule has 0 radical (unpaired) electrons. The first-order valence-electron chi connectivity index (χ1n) is 8.49. The molecule has 0 amide bonds. The molecule has 9 nitrogen and oxygen atoms in total. The Hall–Kier alpha value is -3.02. The van der Waals surface area contributed by atoms with E-state index in [1.54, 1.807) is 36.4 Å². The molecule has 4 rings (SSSR count). The SMILES string of the molecule is O=S(=O)(Nc1cc(Cl)ccc1SCc1cc(=[N+]([O-])[O-])[nH][nH]1)c1cc2ccccc2o1. The number of benzene rings is 2. The summed E-state index contributed by atoms with van der Waals surface area (Å²) in [5, 5.41) is 27.5. The van der Waals surface area contributed by atoms with E-state index < -0.39 is 14.9 Å². The van der Waals surface area contributed by atoms with Crippen LogP contribution in [0.4, 0.5) is 5.69 Å². The average molecular weight is 466 g/mol. The minimum absolute atomic E-state index is 0.160. The quantitative estimate of drug-likeness (QED) is 0.293. The Morgan fingerprint density at radius 3 is 2.63 bits per heavy atom. The molecule has 3 N–H and O–H groups in total. The molecule has 0 aliphatic carbocycles. The number of aromatic amines is 2. The van der Waals surface area contributed by atoms with E-state index >= 15 is 0 Å². The molecule has 0 saturated heterocycles. The third kappa shape index (κ3) is 4.27. The summed E-state index contributed by atoms with van der Waals surface area (Å²) in [5.74, 6) is 0.339. The lowest BCUT2D eigenvalue weighted by atomic mass is 10.3. The number of sulfonamides is 1. The summed E-state index contributed by atoms with van der Waals surface area (Å²) in [6, 6.07) is 14.6. The number of halogens is 1. The van der Waals surface area contributed by atoms with Crippen molar-refractivity contribution in [1.82, 2.24) is 15.1 Å². The van der Waals surface area contributed by atoms with Crippen LogP contribution in [0.5, 0.6) is 0 Å². The first-order chi connectivity index (χ1) is 14.3. The molecule has 30 heavy (non-hydrogen) atoms. The van der Waals surface area contributed by atoms with Crippen molar-refractivity contribution in [2.24, 2.45) is 0 Å². The molecule has 0 spiro atoms. The largest absolute Gasteiger partial charge is 0.712 e. The second-order valence-electron chi connectivity index (χ2n) is 6.20. The third-order valence-corrected chi connectivity index (χ3v) is 6.67. The van der Waals surface area contributed by atoms with E-state index in [1.807, 2.05) is 0 Å². The van der Waals surface area contributed by atoms with Crippen molar-refractivity contribution in [3.63, 3.8) is 0 Å². The van der Waals surface area contributed by atoms with Gasteiger partial charge in [-0.2, -0.15) is 13.5 Å². The fourth-order valence-corrected chi connectivity index (χ4v) is 4.88. The molecule has 0 saturated carbocycles. The zero-order valence-corrected chi connectivity index (χ0v) is 17.5. The lowest BCUT2D eigenvalue weighted by Crippen LogP contribution is -2.18. The topological polar surface area (TPSA) is 140 Å². The summed E-state index contributed by atoms with van der Waals surface area (Å²) in [5.41, 5.74) is 1.15. The Morgan fingerprint density at radius 2 is 1.90 bits per heavy atom. The summed E-state index contributed by atoms with van der Waals surface area (Å²) in [6.07, 6.45) is 0. The van der Waals surface area contributed by atoms with Crippen LogP contribution in [0, 0.1) is 10.4 Å². The van der Waals surface area contributed by atoms with Gasteiger partial charge >= 0.3 is 5.49 Å². The number of anilines is 1. The standard InChI is InChI=1S/C18H14ClN4O5S2/c19-12-5-6-16(29-10-13-9-17(21-20-13)23(24)25)14(8-12)22-30(26,27)18-7-11-3-1-2-4-15(11)28-18/h1-9,20-22H,10H2/q-1. The molecule has 0 bridgehead atoms. The number of fused-ring (bicyclic) bond motifs is 1. The molecule has 0 aliphatic rings. The smallest absolute Gasteiger partial charge is 0.301 e. The van der Waals surface area contributed by atoms with Crippen LogP contribution in [0.2, 0.25) is 5.02 Å². The zero-order valence-electron chi connectivity index (χ0n) is 15.1. The maximum atomic E-state index is 12.8. The van der Waals surface area contributed by atoms with Gasteiger partial charge in [-0.1, -0.05) is 29.8 Å². The molecular weight excluding hydrogens is 452 g/mol. The van der Waals surface area contributed by atoms with Crippen molar-refractivity contribution < 1.29 is 12.8 Å². The van der Waals surface area contributed by atoms with Crippen LogP contribution in [0.15, 0.2) is 69.0 Å². The molecule has 12 heteroatoms. The summed E-state index contributed by atoms with van der Waals surface area (Å²) in [4.78, 5) is 0.0520. The van der Waals surface area contributed by atoms with Gasteiger partial charge in [0.1, 0.15) is 5.58 Å². The molecule has 2 heterocycles. The molecule has 4 aromatic rings. The summed E-state index contributed by atoms with van der Waals surface area (Å²) in [6.45, 7) is 0. The molecule has 0 fully saturated rings. The average Bonchev–Trinajstić information content (AvgIpc) is 3.34. The molecule has 2 aromatic heterocycles. The van der Waals surface area contributed by atoms with Gasteiger partial charge in [0.25, 0.3) is 10.0 Å². The Bertz CT molecular complexity index is 1350. The first-order valence-corrected chi connectivity index (χ1v) is 11.3. The lowest BCUT2D eigenvalue weighted by Gasteiger charge is -2.11. The zero-order chi connectivity index (χ0) is 21.3. The van der Waals surface area contributed by atoms with Crippen molar-refractivity contribution in [3.8, 4) is 0 Å². The number of aromatic nitrogens is 2. The Labute approximate surface area is 179 Å². The maximum absolute atomic E-state index is 12.8. The van der Waals surface area contributed by atoms with Crippen LogP contribution >= 0.6 is 23.4 Å². The normalized spacial score (nSPS) is 11.6.